The summed E-state index contributed by atoms with van der Waals surface area (Å²) < 4.78 is 46.9. The van der Waals surface area contributed by atoms with Gasteiger partial charge in [0.2, 0.25) is 11.8 Å². The fourth-order valence-corrected chi connectivity index (χ4v) is 4.91. The lowest BCUT2D eigenvalue weighted by atomic mass is 9.81. The lowest BCUT2D eigenvalue weighted by Crippen LogP contribution is -2.42. The van der Waals surface area contributed by atoms with E-state index in [-0.39, 0.29) is 17.8 Å². The Morgan fingerprint density at radius 3 is 2.63 bits per heavy atom. The van der Waals surface area contributed by atoms with Gasteiger partial charge in [0.25, 0.3) is 5.92 Å². The van der Waals surface area contributed by atoms with Crippen LogP contribution in [0.5, 0.6) is 5.88 Å². The third-order valence-electron chi connectivity index (χ3n) is 7.21. The number of alkyl halides is 3. The van der Waals surface area contributed by atoms with Crippen LogP contribution >= 0.6 is 0 Å². The van der Waals surface area contributed by atoms with Gasteiger partial charge in [-0.05, 0) is 57.1 Å². The molecule has 0 spiro atoms. The largest absolute Gasteiger partial charge is 0.471 e. The molecule has 7 nitrogen and oxygen atoms in total. The minimum Gasteiger partial charge on any atom is -0.471 e. The van der Waals surface area contributed by atoms with Crippen molar-refractivity contribution in [3.05, 3.63) is 53.2 Å². The number of aromatic nitrogens is 3. The van der Waals surface area contributed by atoms with Gasteiger partial charge in [-0.25, -0.2) is 28.1 Å². The zero-order valence-electron chi connectivity index (χ0n) is 22.1. The van der Waals surface area contributed by atoms with E-state index in [0.29, 0.717) is 50.9 Å². The predicted molar refractivity (Wildman–Crippen MR) is 139 cm³/mol. The Balaban J connectivity index is 1.19. The summed E-state index contributed by atoms with van der Waals surface area (Å²) in [5.41, 5.74) is 1.46. The quantitative estimate of drug-likeness (QED) is 0.481. The van der Waals surface area contributed by atoms with E-state index in [4.69, 9.17) is 4.74 Å². The normalized spacial score (nSPS) is 22.6. The second-order valence-electron chi connectivity index (χ2n) is 10.5. The molecule has 206 valence electrons. The fraction of sp³-hybridized carbons (Fsp3) is 0.571. The molecule has 1 fully saturated rings. The number of nitrogens with one attached hydrogen (secondary N) is 1. The Hall–Kier alpha value is -3.01. The van der Waals surface area contributed by atoms with Gasteiger partial charge in [0.1, 0.15) is 11.5 Å². The molecule has 0 bridgehead atoms. The predicted octanol–water partition coefficient (Wildman–Crippen LogP) is 4.49. The highest BCUT2D eigenvalue weighted by atomic mass is 19.3. The van der Waals surface area contributed by atoms with Crippen molar-refractivity contribution >= 4 is 12.0 Å². The van der Waals surface area contributed by atoms with Gasteiger partial charge in [-0.3, -0.25) is 4.79 Å². The molecule has 1 aliphatic carbocycles. The van der Waals surface area contributed by atoms with Gasteiger partial charge in [0.15, 0.2) is 6.61 Å². The highest BCUT2D eigenvalue weighted by molar-refractivity contribution is 5.91. The van der Waals surface area contributed by atoms with Gasteiger partial charge >= 0.3 is 0 Å². The number of amides is 1. The number of hydrogen-bond donors (Lipinski definition) is 1. The van der Waals surface area contributed by atoms with Crippen molar-refractivity contribution in [2.75, 3.05) is 26.2 Å². The van der Waals surface area contributed by atoms with Crippen LogP contribution in [0.1, 0.15) is 61.7 Å². The number of ether oxygens (including phenoxy) is 1. The van der Waals surface area contributed by atoms with Crippen LogP contribution in [0.25, 0.3) is 6.08 Å². The molecule has 2 aliphatic rings. The lowest BCUT2D eigenvalue weighted by Gasteiger charge is -2.35. The van der Waals surface area contributed by atoms with Crippen LogP contribution in [-0.4, -0.2) is 69.6 Å². The van der Waals surface area contributed by atoms with Gasteiger partial charge < -0.3 is 15.0 Å². The van der Waals surface area contributed by atoms with E-state index in [1.807, 2.05) is 6.07 Å². The SMILES string of the molecule is Cc1ncc(/C=C/C(=O)NC2CCC(F)(CCN3CCc4ccc(OCC(C)(F)F)nc4CC3)CC2)cn1. The molecular weight excluding hydrogens is 495 g/mol. The van der Waals surface area contributed by atoms with Crippen molar-refractivity contribution in [2.24, 2.45) is 0 Å². The van der Waals surface area contributed by atoms with Crippen molar-refractivity contribution in [1.29, 1.82) is 0 Å². The molecular formula is C28H36F3N5O2. The highest BCUT2D eigenvalue weighted by Crippen LogP contribution is 2.35. The molecule has 38 heavy (non-hydrogen) atoms. The molecule has 0 unspecified atom stereocenters. The Labute approximate surface area is 221 Å². The molecule has 2 aromatic heterocycles. The van der Waals surface area contributed by atoms with E-state index >= 15 is 4.39 Å². The molecule has 2 aromatic rings. The van der Waals surface area contributed by atoms with E-state index in [1.165, 1.54) is 6.08 Å². The van der Waals surface area contributed by atoms with Crippen molar-refractivity contribution in [3.8, 4) is 5.88 Å². The van der Waals surface area contributed by atoms with E-state index in [1.54, 1.807) is 31.5 Å². The van der Waals surface area contributed by atoms with Crippen molar-refractivity contribution in [3.63, 3.8) is 0 Å². The standard InChI is InChI=1S/C28H36F3N5O2/c1-20-32-17-21(18-33-20)3-5-25(37)34-23-7-11-28(31,12-8-23)13-16-36-14-9-22-4-6-26(35-24(22)10-15-36)38-19-27(2,29)30/h3-6,17-18,23H,7-16,19H2,1-2H3,(H,34,37)/b5-3+. The highest BCUT2D eigenvalue weighted by Gasteiger charge is 2.36. The van der Waals surface area contributed by atoms with Crippen LogP contribution in [0, 0.1) is 6.92 Å². The molecule has 1 aliphatic heterocycles. The van der Waals surface area contributed by atoms with E-state index in [9.17, 15) is 13.6 Å². The van der Waals surface area contributed by atoms with Crippen LogP contribution < -0.4 is 10.1 Å². The number of carbonyl (C=O) groups is 1. The molecule has 0 aromatic carbocycles. The van der Waals surface area contributed by atoms with E-state index in [2.05, 4.69) is 25.2 Å². The Bertz CT molecular complexity index is 1110. The lowest BCUT2D eigenvalue weighted by molar-refractivity contribution is -0.117. The van der Waals surface area contributed by atoms with Gasteiger partial charge in [0, 0.05) is 74.8 Å². The summed E-state index contributed by atoms with van der Waals surface area (Å²) in [7, 11) is 0. The maximum atomic E-state index is 15.6. The summed E-state index contributed by atoms with van der Waals surface area (Å²) in [6, 6.07) is 3.50. The van der Waals surface area contributed by atoms with Gasteiger partial charge in [-0.15, -0.1) is 0 Å². The monoisotopic (exact) mass is 531 g/mol. The Morgan fingerprint density at radius 2 is 1.92 bits per heavy atom. The number of fused-ring (bicyclic) bond motifs is 1. The van der Waals surface area contributed by atoms with E-state index < -0.39 is 18.2 Å². The van der Waals surface area contributed by atoms with Gasteiger partial charge in [-0.2, -0.15) is 0 Å². The summed E-state index contributed by atoms with van der Waals surface area (Å²) in [6.07, 6.45) is 10.4. The third kappa shape index (κ3) is 8.51. The first-order valence-corrected chi connectivity index (χ1v) is 13.2. The molecule has 4 rings (SSSR count). The smallest absolute Gasteiger partial charge is 0.278 e. The zero-order valence-corrected chi connectivity index (χ0v) is 22.1. The first kappa shape index (κ1) is 28.0. The Kier molecular flexibility index (Phi) is 9.02. The van der Waals surface area contributed by atoms with Gasteiger partial charge in [0.05, 0.1) is 0 Å². The van der Waals surface area contributed by atoms with Crippen LogP contribution in [0.3, 0.4) is 0 Å². The van der Waals surface area contributed by atoms with Crippen LogP contribution in [0.4, 0.5) is 13.2 Å². The summed E-state index contributed by atoms with van der Waals surface area (Å²) in [5, 5.41) is 2.98. The fourth-order valence-electron chi connectivity index (χ4n) is 4.91. The van der Waals surface area contributed by atoms with Crippen molar-refractivity contribution < 1.29 is 22.7 Å². The molecule has 0 saturated heterocycles. The average molecular weight is 532 g/mol. The average Bonchev–Trinajstić information content (AvgIpc) is 3.09. The number of aryl methyl sites for hydroxylation is 1. The maximum Gasteiger partial charge on any atom is 0.278 e. The second kappa shape index (κ2) is 12.2. The topological polar surface area (TPSA) is 80.2 Å². The summed E-state index contributed by atoms with van der Waals surface area (Å²) >= 11 is 0. The first-order valence-electron chi connectivity index (χ1n) is 13.2. The molecule has 10 heteroatoms. The minimum absolute atomic E-state index is 0.0341. The number of rotatable bonds is 9. The summed E-state index contributed by atoms with van der Waals surface area (Å²) in [5.74, 6) is -2.22. The molecule has 1 amide bonds. The van der Waals surface area contributed by atoms with Crippen molar-refractivity contribution in [1.82, 2.24) is 25.2 Å². The number of halogens is 3. The maximum absolute atomic E-state index is 15.6. The first-order chi connectivity index (χ1) is 18.1. The molecule has 0 radical (unpaired) electrons. The molecule has 3 heterocycles. The second-order valence-corrected chi connectivity index (χ2v) is 10.5. The number of carbonyl (C=O) groups excluding carboxylic acids is 1. The number of pyridine rings is 1. The molecule has 1 saturated carbocycles. The van der Waals surface area contributed by atoms with E-state index in [0.717, 1.165) is 43.3 Å². The molecule has 1 N–H and O–H groups in total. The zero-order chi connectivity index (χ0) is 27.2. The molecule has 0 atom stereocenters. The third-order valence-corrected chi connectivity index (χ3v) is 7.21. The summed E-state index contributed by atoms with van der Waals surface area (Å²) in [6.45, 7) is 4.10. The van der Waals surface area contributed by atoms with Crippen LogP contribution in [0.15, 0.2) is 30.6 Å². The van der Waals surface area contributed by atoms with Gasteiger partial charge in [-0.1, -0.05) is 6.07 Å². The number of hydrogen-bond acceptors (Lipinski definition) is 6. The summed E-state index contributed by atoms with van der Waals surface area (Å²) in [4.78, 5) is 27.2. The Morgan fingerprint density at radius 1 is 1.21 bits per heavy atom. The van der Waals surface area contributed by atoms with Crippen LogP contribution in [0.2, 0.25) is 0 Å². The van der Waals surface area contributed by atoms with Crippen molar-refractivity contribution in [2.45, 2.75) is 76.4 Å². The minimum atomic E-state index is -2.91. The number of nitrogens with zero attached hydrogens (tertiary/aromatic N) is 4. The van der Waals surface area contributed by atoms with Crippen LogP contribution in [-0.2, 0) is 17.6 Å².